The topological polar surface area (TPSA) is 120 Å². The third kappa shape index (κ3) is 7.40. The van der Waals surface area contributed by atoms with Gasteiger partial charge >= 0.3 is 0 Å². The smallest absolute Gasteiger partial charge is 0.263 e. The highest BCUT2D eigenvalue weighted by Gasteiger charge is 2.19. The van der Waals surface area contributed by atoms with Crippen LogP contribution in [0.1, 0.15) is 43.0 Å². The maximum atomic E-state index is 12.9. The molecule has 0 aliphatic rings. The van der Waals surface area contributed by atoms with Crippen molar-refractivity contribution >= 4 is 43.4 Å². The van der Waals surface area contributed by atoms with Gasteiger partial charge in [0.25, 0.3) is 21.8 Å². The number of aromatic nitrogens is 2. The molecule has 0 unspecified atom stereocenters. The van der Waals surface area contributed by atoms with E-state index >= 15 is 0 Å². The molecular formula is C24H27BrN4O5S. The SMILES string of the molecule is CCCCCCOc1ccc(Br)cc1C(=O)Nc1ccc(S(=O)(=O)Nc2nccnc2OC)cc1. The average molecular weight is 563 g/mol. The lowest BCUT2D eigenvalue weighted by Crippen LogP contribution is -2.16. The van der Waals surface area contributed by atoms with Crippen molar-refractivity contribution in [3.8, 4) is 11.6 Å². The number of carbonyl (C=O) groups excluding carboxylic acids is 1. The predicted molar refractivity (Wildman–Crippen MR) is 138 cm³/mol. The Bertz CT molecular complexity index is 1250. The fourth-order valence-corrected chi connectivity index (χ4v) is 4.53. The molecule has 0 radical (unpaired) electrons. The molecule has 1 amide bonds. The first-order valence-corrected chi connectivity index (χ1v) is 13.3. The van der Waals surface area contributed by atoms with Crippen molar-refractivity contribution in [2.45, 2.75) is 37.5 Å². The standard InChI is InChI=1S/C24H27BrN4O5S/c1-3-4-5-6-15-34-21-12-7-17(25)16-20(21)23(30)28-18-8-10-19(11-9-18)35(31,32)29-22-24(33-2)27-14-13-26-22/h7-14,16H,3-6,15H2,1-2H3,(H,26,29)(H,28,30). The van der Waals surface area contributed by atoms with E-state index in [9.17, 15) is 13.2 Å². The summed E-state index contributed by atoms with van der Waals surface area (Å²) in [6.45, 7) is 2.67. The number of anilines is 2. The van der Waals surface area contributed by atoms with Gasteiger partial charge in [0.05, 0.1) is 24.2 Å². The highest BCUT2D eigenvalue weighted by molar-refractivity contribution is 9.10. The number of amides is 1. The second-order valence-electron chi connectivity index (χ2n) is 7.55. The third-order valence-corrected chi connectivity index (χ3v) is 6.80. The predicted octanol–water partition coefficient (Wildman–Crippen LogP) is 5.26. The van der Waals surface area contributed by atoms with Gasteiger partial charge in [0.1, 0.15) is 5.75 Å². The lowest BCUT2D eigenvalue weighted by molar-refractivity contribution is 0.102. The van der Waals surface area contributed by atoms with Crippen LogP contribution in [0.5, 0.6) is 11.6 Å². The minimum absolute atomic E-state index is 0.0123. The molecule has 0 bridgehead atoms. The summed E-state index contributed by atoms with van der Waals surface area (Å²) in [4.78, 5) is 20.8. The molecule has 1 aromatic heterocycles. The molecule has 0 atom stereocenters. The Balaban J connectivity index is 1.69. The molecule has 3 rings (SSSR count). The molecule has 0 aliphatic carbocycles. The summed E-state index contributed by atoms with van der Waals surface area (Å²) in [5.74, 6) is 0.151. The van der Waals surface area contributed by atoms with Crippen molar-refractivity contribution < 1.29 is 22.7 Å². The summed E-state index contributed by atoms with van der Waals surface area (Å²) in [5, 5.41) is 2.79. The van der Waals surface area contributed by atoms with Crippen LogP contribution in [0.2, 0.25) is 0 Å². The first kappa shape index (κ1) is 26.4. The second kappa shape index (κ2) is 12.5. The van der Waals surface area contributed by atoms with Crippen LogP contribution in [0.4, 0.5) is 11.5 Å². The van der Waals surface area contributed by atoms with Crippen LogP contribution in [-0.4, -0.2) is 38.0 Å². The van der Waals surface area contributed by atoms with Gasteiger partial charge in [0.2, 0.25) is 5.82 Å². The Kier molecular flexibility index (Phi) is 9.44. The van der Waals surface area contributed by atoms with Crippen LogP contribution in [0, 0.1) is 0 Å². The van der Waals surface area contributed by atoms with Gasteiger partial charge in [-0.2, -0.15) is 0 Å². The Hall–Kier alpha value is -3.18. The Morgan fingerprint density at radius 3 is 2.49 bits per heavy atom. The molecule has 9 nitrogen and oxygen atoms in total. The number of hydrogen-bond acceptors (Lipinski definition) is 7. The summed E-state index contributed by atoms with van der Waals surface area (Å²) in [6, 6.07) is 11.0. The molecule has 35 heavy (non-hydrogen) atoms. The average Bonchev–Trinajstić information content (AvgIpc) is 2.85. The van der Waals surface area contributed by atoms with Crippen LogP contribution in [-0.2, 0) is 10.0 Å². The van der Waals surface area contributed by atoms with E-state index in [1.54, 1.807) is 12.1 Å². The van der Waals surface area contributed by atoms with Gasteiger partial charge in [-0.05, 0) is 48.9 Å². The van der Waals surface area contributed by atoms with Crippen LogP contribution in [0.3, 0.4) is 0 Å². The summed E-state index contributed by atoms with van der Waals surface area (Å²) < 4.78 is 39.4. The number of ether oxygens (including phenoxy) is 2. The van der Waals surface area contributed by atoms with Gasteiger partial charge in [0.15, 0.2) is 0 Å². The third-order valence-electron chi connectivity index (χ3n) is 4.95. The van der Waals surface area contributed by atoms with Gasteiger partial charge in [-0.3, -0.25) is 9.52 Å². The first-order chi connectivity index (χ1) is 16.8. The van der Waals surface area contributed by atoms with Crippen LogP contribution >= 0.6 is 15.9 Å². The van der Waals surface area contributed by atoms with E-state index in [2.05, 4.69) is 42.9 Å². The van der Waals surface area contributed by atoms with Crippen molar-refractivity contribution in [2.24, 2.45) is 0 Å². The summed E-state index contributed by atoms with van der Waals surface area (Å²) >= 11 is 3.39. The molecule has 2 N–H and O–H groups in total. The van der Waals surface area contributed by atoms with E-state index in [0.29, 0.717) is 23.6 Å². The zero-order chi connectivity index (χ0) is 25.3. The second-order valence-corrected chi connectivity index (χ2v) is 10.1. The Morgan fingerprint density at radius 2 is 1.77 bits per heavy atom. The monoisotopic (exact) mass is 562 g/mol. The number of carbonyl (C=O) groups is 1. The maximum Gasteiger partial charge on any atom is 0.263 e. The molecule has 0 saturated heterocycles. The van der Waals surface area contributed by atoms with Crippen LogP contribution in [0.15, 0.2) is 64.2 Å². The molecule has 2 aromatic carbocycles. The largest absolute Gasteiger partial charge is 0.493 e. The zero-order valence-corrected chi connectivity index (χ0v) is 21.9. The lowest BCUT2D eigenvalue weighted by atomic mass is 10.1. The van der Waals surface area contributed by atoms with Crippen LogP contribution in [0.25, 0.3) is 0 Å². The summed E-state index contributed by atoms with van der Waals surface area (Å²) in [5.41, 5.74) is 0.808. The van der Waals surface area contributed by atoms with Crippen molar-refractivity contribution in [3.63, 3.8) is 0 Å². The van der Waals surface area contributed by atoms with E-state index in [1.807, 2.05) is 6.07 Å². The van der Waals surface area contributed by atoms with E-state index in [-0.39, 0.29) is 22.5 Å². The van der Waals surface area contributed by atoms with Crippen molar-refractivity contribution in [3.05, 3.63) is 64.9 Å². The van der Waals surface area contributed by atoms with Gasteiger partial charge < -0.3 is 14.8 Å². The molecule has 0 aliphatic heterocycles. The van der Waals surface area contributed by atoms with Crippen molar-refractivity contribution in [1.82, 2.24) is 9.97 Å². The van der Waals surface area contributed by atoms with Crippen molar-refractivity contribution in [2.75, 3.05) is 23.8 Å². The number of sulfonamides is 1. The van der Waals surface area contributed by atoms with E-state index in [0.717, 1.165) is 30.2 Å². The zero-order valence-electron chi connectivity index (χ0n) is 19.5. The quantitative estimate of drug-likeness (QED) is 0.289. The summed E-state index contributed by atoms with van der Waals surface area (Å²) in [7, 11) is -2.58. The Labute approximate surface area is 213 Å². The maximum absolute atomic E-state index is 12.9. The lowest BCUT2D eigenvalue weighted by Gasteiger charge is -2.13. The number of benzene rings is 2. The number of methoxy groups -OCH3 is 1. The van der Waals surface area contributed by atoms with Crippen molar-refractivity contribution in [1.29, 1.82) is 0 Å². The number of halogens is 1. The highest BCUT2D eigenvalue weighted by atomic mass is 79.9. The Morgan fingerprint density at radius 1 is 1.03 bits per heavy atom. The minimum atomic E-state index is -3.94. The number of nitrogens with zero attached hydrogens (tertiary/aromatic N) is 2. The molecule has 0 saturated carbocycles. The molecule has 3 aromatic rings. The molecule has 0 fully saturated rings. The molecule has 1 heterocycles. The van der Waals surface area contributed by atoms with E-state index in [1.165, 1.54) is 43.8 Å². The van der Waals surface area contributed by atoms with Gasteiger partial charge in [-0.15, -0.1) is 0 Å². The van der Waals surface area contributed by atoms with Gasteiger partial charge in [-0.25, -0.2) is 18.4 Å². The normalized spacial score (nSPS) is 11.1. The fraction of sp³-hybridized carbons (Fsp3) is 0.292. The van der Waals surface area contributed by atoms with Gasteiger partial charge in [-0.1, -0.05) is 42.1 Å². The van der Waals surface area contributed by atoms with Crippen LogP contribution < -0.4 is 19.5 Å². The minimum Gasteiger partial charge on any atom is -0.493 e. The summed E-state index contributed by atoms with van der Waals surface area (Å²) in [6.07, 6.45) is 7.01. The fourth-order valence-electron chi connectivity index (χ4n) is 3.16. The first-order valence-electron chi connectivity index (χ1n) is 11.1. The highest BCUT2D eigenvalue weighted by Crippen LogP contribution is 2.26. The number of hydrogen-bond donors (Lipinski definition) is 2. The molecule has 11 heteroatoms. The molecular weight excluding hydrogens is 536 g/mol. The number of rotatable bonds is 12. The van der Waals surface area contributed by atoms with Gasteiger partial charge in [0, 0.05) is 22.6 Å². The molecule has 186 valence electrons. The van der Waals surface area contributed by atoms with E-state index in [4.69, 9.17) is 9.47 Å². The number of nitrogens with one attached hydrogen (secondary N) is 2. The molecule has 0 spiro atoms. The van der Waals surface area contributed by atoms with E-state index < -0.39 is 10.0 Å². The number of unbranched alkanes of at least 4 members (excludes halogenated alkanes) is 3.